The average Bonchev–Trinajstić information content (AvgIpc) is 2.26. The van der Waals surface area contributed by atoms with Gasteiger partial charge >= 0.3 is 10.8 Å². The number of aromatic nitrogens is 1. The van der Waals surface area contributed by atoms with Crippen molar-refractivity contribution in [2.75, 3.05) is 6.61 Å². The van der Waals surface area contributed by atoms with Crippen LogP contribution in [0, 0.1) is 6.92 Å². The van der Waals surface area contributed by atoms with Crippen molar-refractivity contribution in [3.8, 4) is 0 Å². The topological polar surface area (TPSA) is 39.2 Å². The number of hydrogen-bond donors (Lipinski definition) is 0. The van der Waals surface area contributed by atoms with E-state index in [0.717, 1.165) is 0 Å². The summed E-state index contributed by atoms with van der Waals surface area (Å²) in [6.07, 6.45) is 0.381. The largest absolute Gasteiger partial charge is 0.462 e. The van der Waals surface area contributed by atoms with Gasteiger partial charge < -0.3 is 4.74 Å². The molecule has 0 saturated carbocycles. The number of halogens is 3. The molecule has 1 aromatic rings. The molecule has 1 heterocycles. The highest BCUT2D eigenvalue weighted by Gasteiger charge is 2.31. The van der Waals surface area contributed by atoms with Crippen LogP contribution < -0.4 is 0 Å². The zero-order valence-corrected chi connectivity index (χ0v) is 12.0. The Bertz CT molecular complexity index is 458. The van der Waals surface area contributed by atoms with Crippen LogP contribution in [0.5, 0.6) is 0 Å². The van der Waals surface area contributed by atoms with Crippen molar-refractivity contribution in [2.24, 2.45) is 0 Å². The minimum Gasteiger partial charge on any atom is -0.462 e. The van der Waals surface area contributed by atoms with Crippen molar-refractivity contribution < 1.29 is 18.3 Å². The summed E-state index contributed by atoms with van der Waals surface area (Å²) >= 11 is 2.26. The lowest BCUT2D eigenvalue weighted by atomic mass is 10.0. The van der Waals surface area contributed by atoms with Gasteiger partial charge in [0.2, 0.25) is 0 Å². The van der Waals surface area contributed by atoms with Crippen LogP contribution in [0.3, 0.4) is 0 Å². The van der Waals surface area contributed by atoms with Crippen LogP contribution in [0.15, 0.2) is 6.07 Å². The molecule has 3 nitrogen and oxygen atoms in total. The maximum Gasteiger partial charge on any atom is 0.343 e. The third kappa shape index (κ3) is 3.25. The Balaban J connectivity index is 3.33. The van der Waals surface area contributed by atoms with E-state index in [1.165, 1.54) is 6.07 Å². The van der Waals surface area contributed by atoms with Crippen LogP contribution in [0.1, 0.15) is 41.2 Å². The molecule has 0 spiro atoms. The number of ether oxygens (including phenoxy) is 1. The van der Waals surface area contributed by atoms with E-state index in [9.17, 15) is 13.6 Å². The molecule has 0 atom stereocenters. The molecule has 18 heavy (non-hydrogen) atoms. The van der Waals surface area contributed by atoms with E-state index in [1.807, 2.05) is 0 Å². The zero-order valence-electron chi connectivity index (χ0n) is 10.4. The second-order valence-corrected chi connectivity index (χ2v) is 4.71. The quantitative estimate of drug-likeness (QED) is 0.628. The highest BCUT2D eigenvalue weighted by molar-refractivity contribution is 9.09. The maximum atomic E-state index is 13.2. The maximum absolute atomic E-state index is 13.2. The Morgan fingerprint density at radius 1 is 1.50 bits per heavy atom. The van der Waals surface area contributed by atoms with Gasteiger partial charge in [0.15, 0.2) is 0 Å². The lowest BCUT2D eigenvalue weighted by Crippen LogP contribution is -2.16. The fraction of sp³-hybridized carbons (Fsp3) is 0.500. The smallest absolute Gasteiger partial charge is 0.343 e. The normalized spacial score (nSPS) is 11.4. The third-order valence-corrected chi connectivity index (χ3v) is 2.80. The molecular formula is C12H14BrF2NO2. The number of aryl methyl sites for hydroxylation is 2. The molecule has 6 heteroatoms. The summed E-state index contributed by atoms with van der Waals surface area (Å²) in [6.45, 7) is 5.26. The third-order valence-electron chi connectivity index (χ3n) is 2.40. The zero-order chi connectivity index (χ0) is 13.9. The molecule has 0 saturated heterocycles. The van der Waals surface area contributed by atoms with Crippen molar-refractivity contribution in [3.63, 3.8) is 0 Å². The van der Waals surface area contributed by atoms with E-state index in [-0.39, 0.29) is 12.2 Å². The SMILES string of the molecule is CCOC(=O)c1c(C)cc(C(F)(F)Br)nc1CC. The highest BCUT2D eigenvalue weighted by Crippen LogP contribution is 2.34. The molecule has 0 fully saturated rings. The second kappa shape index (κ2) is 5.73. The van der Waals surface area contributed by atoms with Crippen molar-refractivity contribution in [3.05, 3.63) is 28.6 Å². The van der Waals surface area contributed by atoms with Gasteiger partial charge in [-0.2, -0.15) is 8.78 Å². The van der Waals surface area contributed by atoms with E-state index in [1.54, 1.807) is 20.8 Å². The summed E-state index contributed by atoms with van der Waals surface area (Å²) in [5, 5.41) is 0. The number of alkyl halides is 3. The number of pyridine rings is 1. The molecule has 0 aliphatic rings. The molecule has 100 valence electrons. The molecule has 0 aliphatic heterocycles. The van der Waals surface area contributed by atoms with Gasteiger partial charge in [-0.25, -0.2) is 9.78 Å². The Labute approximate surface area is 113 Å². The Kier molecular flexibility index (Phi) is 4.78. The first-order valence-electron chi connectivity index (χ1n) is 5.56. The number of hydrogen-bond acceptors (Lipinski definition) is 3. The van der Waals surface area contributed by atoms with Crippen molar-refractivity contribution in [2.45, 2.75) is 32.0 Å². The van der Waals surface area contributed by atoms with Crippen LogP contribution in [-0.4, -0.2) is 17.6 Å². The summed E-state index contributed by atoms with van der Waals surface area (Å²) < 4.78 is 31.2. The lowest BCUT2D eigenvalue weighted by molar-refractivity contribution is 0.0522. The number of esters is 1. The molecule has 0 amide bonds. The minimum atomic E-state index is -3.20. The van der Waals surface area contributed by atoms with Crippen molar-refractivity contribution >= 4 is 21.9 Å². The van der Waals surface area contributed by atoms with E-state index >= 15 is 0 Å². The molecular weight excluding hydrogens is 308 g/mol. The summed E-state index contributed by atoms with van der Waals surface area (Å²) in [5.41, 5.74) is 0.641. The highest BCUT2D eigenvalue weighted by atomic mass is 79.9. The van der Waals surface area contributed by atoms with Gasteiger partial charge in [-0.3, -0.25) is 0 Å². The standard InChI is InChI=1S/C12H14BrF2NO2/c1-4-8-10(11(17)18-5-2)7(3)6-9(16-8)12(13,14)15/h6H,4-5H2,1-3H3. The number of nitrogens with zero attached hydrogens (tertiary/aromatic N) is 1. The molecule has 1 aromatic heterocycles. The number of carbonyl (C=O) groups excluding carboxylic acids is 1. The van der Waals surface area contributed by atoms with Crippen molar-refractivity contribution in [1.82, 2.24) is 4.98 Å². The molecule has 0 unspecified atom stereocenters. The Morgan fingerprint density at radius 3 is 2.56 bits per heavy atom. The van der Waals surface area contributed by atoms with Crippen LogP contribution in [0.4, 0.5) is 8.78 Å². The van der Waals surface area contributed by atoms with Gasteiger partial charge in [0.1, 0.15) is 5.69 Å². The predicted molar refractivity (Wildman–Crippen MR) is 67.1 cm³/mol. The van der Waals surface area contributed by atoms with Crippen molar-refractivity contribution in [1.29, 1.82) is 0 Å². The summed E-state index contributed by atoms with van der Waals surface area (Å²) in [4.78, 5) is 12.4. The van der Waals surface area contributed by atoms with E-state index < -0.39 is 16.5 Å². The lowest BCUT2D eigenvalue weighted by Gasteiger charge is -2.14. The summed E-state index contributed by atoms with van der Waals surface area (Å²) in [6, 6.07) is 1.19. The molecule has 0 bridgehead atoms. The van der Waals surface area contributed by atoms with Gasteiger partial charge in [-0.1, -0.05) is 6.92 Å². The van der Waals surface area contributed by atoms with Crippen LogP contribution in [0.25, 0.3) is 0 Å². The molecule has 0 aliphatic carbocycles. The van der Waals surface area contributed by atoms with E-state index in [2.05, 4.69) is 20.9 Å². The first-order valence-corrected chi connectivity index (χ1v) is 6.35. The number of rotatable bonds is 4. The first-order chi connectivity index (χ1) is 8.31. The predicted octanol–water partition coefficient (Wildman–Crippen LogP) is 3.57. The molecule has 1 rings (SSSR count). The summed E-state index contributed by atoms with van der Waals surface area (Å²) in [5.74, 6) is -0.524. The van der Waals surface area contributed by atoms with Crippen LogP contribution in [0.2, 0.25) is 0 Å². The fourth-order valence-corrected chi connectivity index (χ4v) is 1.82. The first kappa shape index (κ1) is 15.0. The molecule has 0 aromatic carbocycles. The summed E-state index contributed by atoms with van der Waals surface area (Å²) in [7, 11) is 0. The number of carbonyl (C=O) groups is 1. The van der Waals surface area contributed by atoms with Gasteiger partial charge in [0, 0.05) is 0 Å². The molecule has 0 radical (unpaired) electrons. The van der Waals surface area contributed by atoms with E-state index in [4.69, 9.17) is 4.74 Å². The monoisotopic (exact) mass is 321 g/mol. The average molecular weight is 322 g/mol. The van der Waals surface area contributed by atoms with Crippen LogP contribution in [-0.2, 0) is 16.0 Å². The van der Waals surface area contributed by atoms with Gasteiger partial charge in [0.05, 0.1) is 17.9 Å². The van der Waals surface area contributed by atoms with Gasteiger partial charge in [-0.15, -0.1) is 0 Å². The van der Waals surface area contributed by atoms with Gasteiger partial charge in [-0.05, 0) is 47.8 Å². The second-order valence-electron chi connectivity index (χ2n) is 3.72. The van der Waals surface area contributed by atoms with Gasteiger partial charge in [0.25, 0.3) is 0 Å². The minimum absolute atomic E-state index is 0.234. The van der Waals surface area contributed by atoms with E-state index in [0.29, 0.717) is 17.7 Å². The molecule has 0 N–H and O–H groups in total. The fourth-order valence-electron chi connectivity index (χ4n) is 1.62. The van der Waals surface area contributed by atoms with Crippen LogP contribution >= 0.6 is 15.9 Å². The Hall–Kier alpha value is -1.04. The Morgan fingerprint density at radius 2 is 2.11 bits per heavy atom.